The first-order chi connectivity index (χ1) is 9.15. The summed E-state index contributed by atoms with van der Waals surface area (Å²) in [6, 6.07) is 6.18. The van der Waals surface area contributed by atoms with Crippen LogP contribution in [0, 0.1) is 6.92 Å². The minimum atomic E-state index is 0.129. The van der Waals surface area contributed by atoms with Crippen molar-refractivity contribution in [3.8, 4) is 5.75 Å². The van der Waals surface area contributed by atoms with Crippen molar-refractivity contribution in [3.05, 3.63) is 28.8 Å². The summed E-state index contributed by atoms with van der Waals surface area (Å²) in [4.78, 5) is 0. The molecule has 0 bridgehead atoms. The van der Waals surface area contributed by atoms with Crippen LogP contribution in [-0.2, 0) is 4.74 Å². The molecule has 1 aliphatic carbocycles. The molecule has 1 aromatic carbocycles. The normalized spacial score (nSPS) is 26.0. The van der Waals surface area contributed by atoms with E-state index < -0.39 is 0 Å². The molecule has 19 heavy (non-hydrogen) atoms. The van der Waals surface area contributed by atoms with E-state index in [4.69, 9.17) is 21.1 Å². The van der Waals surface area contributed by atoms with Gasteiger partial charge in [-0.25, -0.2) is 0 Å². The molecule has 0 heterocycles. The van der Waals surface area contributed by atoms with Gasteiger partial charge >= 0.3 is 0 Å². The molecular formula is C15H22ClNO2. The van der Waals surface area contributed by atoms with Gasteiger partial charge in [0.05, 0.1) is 0 Å². The Kier molecular flexibility index (Phi) is 5.08. The molecule has 0 spiro atoms. The fraction of sp³-hybridized carbons (Fsp3) is 0.600. The lowest BCUT2D eigenvalue weighted by molar-refractivity contribution is -0.104. The number of nitrogens with one attached hydrogen (secondary N) is 1. The summed E-state index contributed by atoms with van der Waals surface area (Å²) < 4.78 is 11.8. The van der Waals surface area contributed by atoms with Crippen LogP contribution in [0.3, 0.4) is 0 Å². The second-order valence-corrected chi connectivity index (χ2v) is 5.29. The molecule has 1 fully saturated rings. The van der Waals surface area contributed by atoms with Gasteiger partial charge in [-0.15, -0.1) is 0 Å². The molecule has 2 rings (SSSR count). The summed E-state index contributed by atoms with van der Waals surface area (Å²) in [7, 11) is 0. The summed E-state index contributed by atoms with van der Waals surface area (Å²) >= 11 is 6.02. The number of hydrogen-bond donors (Lipinski definition) is 1. The maximum absolute atomic E-state index is 6.02. The van der Waals surface area contributed by atoms with Crippen molar-refractivity contribution >= 4 is 11.6 Å². The zero-order chi connectivity index (χ0) is 13.8. The molecule has 0 aromatic heterocycles. The predicted octanol–water partition coefficient (Wildman–Crippen LogP) is 3.18. The fourth-order valence-electron chi connectivity index (χ4n) is 2.44. The van der Waals surface area contributed by atoms with Crippen LogP contribution < -0.4 is 10.1 Å². The first-order valence-electron chi connectivity index (χ1n) is 6.93. The van der Waals surface area contributed by atoms with E-state index in [0.29, 0.717) is 12.6 Å². The molecule has 0 saturated heterocycles. The monoisotopic (exact) mass is 283 g/mol. The third-order valence-corrected chi connectivity index (χ3v) is 3.92. The molecule has 1 N–H and O–H groups in total. The summed E-state index contributed by atoms with van der Waals surface area (Å²) in [5.41, 5.74) is 1.04. The Hall–Kier alpha value is -0.770. The lowest BCUT2D eigenvalue weighted by atomic mass is 9.85. The molecule has 0 radical (unpaired) electrons. The topological polar surface area (TPSA) is 30.5 Å². The number of halogens is 1. The number of likely N-dealkylation sites (N-methyl/N-ethyl adjacent to an activating group) is 1. The van der Waals surface area contributed by atoms with Crippen molar-refractivity contribution in [1.82, 2.24) is 5.32 Å². The highest BCUT2D eigenvalue weighted by molar-refractivity contribution is 6.31. The lowest BCUT2D eigenvalue weighted by Crippen LogP contribution is -2.61. The predicted molar refractivity (Wildman–Crippen MR) is 78.1 cm³/mol. The van der Waals surface area contributed by atoms with Crippen LogP contribution >= 0.6 is 11.6 Å². The first-order valence-corrected chi connectivity index (χ1v) is 7.31. The van der Waals surface area contributed by atoms with Gasteiger partial charge in [0.25, 0.3) is 0 Å². The van der Waals surface area contributed by atoms with Gasteiger partial charge in [-0.1, -0.05) is 18.5 Å². The highest BCUT2D eigenvalue weighted by Gasteiger charge is 2.43. The van der Waals surface area contributed by atoms with Crippen LogP contribution in [0.4, 0.5) is 0 Å². The third kappa shape index (κ3) is 3.41. The van der Waals surface area contributed by atoms with Gasteiger partial charge in [0.15, 0.2) is 0 Å². The number of rotatable bonds is 6. The minimum Gasteiger partial charge on any atom is -0.488 e. The molecular weight excluding hydrogens is 262 g/mol. The van der Waals surface area contributed by atoms with Crippen molar-refractivity contribution in [3.63, 3.8) is 0 Å². The highest BCUT2D eigenvalue weighted by atomic mass is 35.5. The summed E-state index contributed by atoms with van der Waals surface area (Å²) in [5.74, 6) is 0.867. The van der Waals surface area contributed by atoms with Gasteiger partial charge in [-0.3, -0.25) is 0 Å². The molecule has 1 aliphatic rings. The SMILES string of the molecule is CCNC1CC(Oc2ccc(Cl)c(C)c2)C1OCC. The Morgan fingerprint density at radius 2 is 2.16 bits per heavy atom. The van der Waals surface area contributed by atoms with E-state index in [2.05, 4.69) is 12.2 Å². The molecule has 0 amide bonds. The standard InChI is InChI=1S/C15H22ClNO2/c1-4-17-13-9-14(15(13)18-5-2)19-11-6-7-12(16)10(3)8-11/h6-8,13-15,17H,4-5,9H2,1-3H3. The van der Waals surface area contributed by atoms with Crippen molar-refractivity contribution in [2.24, 2.45) is 0 Å². The van der Waals surface area contributed by atoms with Gasteiger partial charge in [0, 0.05) is 24.1 Å². The van der Waals surface area contributed by atoms with Crippen LogP contribution in [0.5, 0.6) is 5.75 Å². The van der Waals surface area contributed by atoms with E-state index in [1.807, 2.05) is 32.0 Å². The molecule has 3 nitrogen and oxygen atoms in total. The third-order valence-electron chi connectivity index (χ3n) is 3.49. The summed E-state index contributed by atoms with van der Waals surface area (Å²) in [6.45, 7) is 7.79. The molecule has 1 saturated carbocycles. The zero-order valence-corrected chi connectivity index (χ0v) is 12.5. The zero-order valence-electron chi connectivity index (χ0n) is 11.8. The van der Waals surface area contributed by atoms with E-state index in [0.717, 1.165) is 29.3 Å². The maximum atomic E-state index is 6.02. The Morgan fingerprint density at radius 1 is 1.37 bits per heavy atom. The highest BCUT2D eigenvalue weighted by Crippen LogP contribution is 2.30. The number of benzene rings is 1. The van der Waals surface area contributed by atoms with Gasteiger partial charge in [0.2, 0.25) is 0 Å². The fourth-order valence-corrected chi connectivity index (χ4v) is 2.56. The van der Waals surface area contributed by atoms with Crippen molar-refractivity contribution in [1.29, 1.82) is 0 Å². The van der Waals surface area contributed by atoms with Gasteiger partial charge in [-0.2, -0.15) is 0 Å². The van der Waals surface area contributed by atoms with E-state index in [9.17, 15) is 0 Å². The first kappa shape index (κ1) is 14.6. The van der Waals surface area contributed by atoms with Crippen molar-refractivity contribution in [2.45, 2.75) is 45.4 Å². The largest absolute Gasteiger partial charge is 0.488 e. The lowest BCUT2D eigenvalue weighted by Gasteiger charge is -2.44. The Bertz CT molecular complexity index is 425. The molecule has 4 heteroatoms. The van der Waals surface area contributed by atoms with Gasteiger partial charge in [0.1, 0.15) is 18.0 Å². The van der Waals surface area contributed by atoms with Crippen molar-refractivity contribution in [2.75, 3.05) is 13.2 Å². The van der Waals surface area contributed by atoms with Crippen LogP contribution in [0.2, 0.25) is 5.02 Å². The molecule has 0 aliphatic heterocycles. The molecule has 1 aromatic rings. The Labute approximate surface area is 120 Å². The Morgan fingerprint density at radius 3 is 2.79 bits per heavy atom. The average Bonchev–Trinajstić information content (AvgIpc) is 2.39. The quantitative estimate of drug-likeness (QED) is 0.870. The smallest absolute Gasteiger partial charge is 0.128 e. The number of hydrogen-bond acceptors (Lipinski definition) is 3. The molecule has 3 unspecified atom stereocenters. The van der Waals surface area contributed by atoms with Gasteiger partial charge < -0.3 is 14.8 Å². The van der Waals surface area contributed by atoms with Crippen LogP contribution in [-0.4, -0.2) is 31.4 Å². The Balaban J connectivity index is 1.96. The van der Waals surface area contributed by atoms with E-state index in [1.54, 1.807) is 0 Å². The molecule has 3 atom stereocenters. The number of aryl methyl sites for hydroxylation is 1. The van der Waals surface area contributed by atoms with Crippen LogP contribution in [0.15, 0.2) is 18.2 Å². The van der Waals surface area contributed by atoms with E-state index in [1.165, 1.54) is 0 Å². The average molecular weight is 284 g/mol. The second kappa shape index (κ2) is 6.60. The van der Waals surface area contributed by atoms with Crippen LogP contribution in [0.1, 0.15) is 25.8 Å². The van der Waals surface area contributed by atoms with Gasteiger partial charge in [-0.05, 0) is 44.2 Å². The van der Waals surface area contributed by atoms with Crippen molar-refractivity contribution < 1.29 is 9.47 Å². The summed E-state index contributed by atoms with van der Waals surface area (Å²) in [6.07, 6.45) is 1.26. The minimum absolute atomic E-state index is 0.129. The summed E-state index contributed by atoms with van der Waals surface area (Å²) in [5, 5.41) is 4.20. The van der Waals surface area contributed by atoms with Crippen LogP contribution in [0.25, 0.3) is 0 Å². The van der Waals surface area contributed by atoms with E-state index >= 15 is 0 Å². The second-order valence-electron chi connectivity index (χ2n) is 4.89. The number of ether oxygens (including phenoxy) is 2. The molecule has 106 valence electrons. The van der Waals surface area contributed by atoms with E-state index in [-0.39, 0.29) is 12.2 Å². The maximum Gasteiger partial charge on any atom is 0.128 e.